The summed E-state index contributed by atoms with van der Waals surface area (Å²) in [5, 5.41) is 17.5. The second-order valence-corrected chi connectivity index (χ2v) is 9.66. The Labute approximate surface area is 204 Å². The van der Waals surface area contributed by atoms with Crippen LogP contribution in [0.3, 0.4) is 0 Å². The molecule has 184 valence electrons. The average Bonchev–Trinajstić information content (AvgIpc) is 3.50. The van der Waals surface area contributed by atoms with Gasteiger partial charge >= 0.3 is 11.8 Å². The lowest BCUT2D eigenvalue weighted by Gasteiger charge is -2.38. The molecular formula is C26H30N4O5. The number of aliphatic hydroxyl groups excluding tert-OH is 1. The first-order valence-corrected chi connectivity index (χ1v) is 11.8. The van der Waals surface area contributed by atoms with E-state index in [9.17, 15) is 9.90 Å². The third-order valence-corrected chi connectivity index (χ3v) is 6.73. The van der Waals surface area contributed by atoms with Crippen molar-refractivity contribution in [3.05, 3.63) is 60.0 Å². The Balaban J connectivity index is 1.10. The molecule has 35 heavy (non-hydrogen) atoms. The van der Waals surface area contributed by atoms with Gasteiger partial charge in [0.25, 0.3) is 0 Å². The van der Waals surface area contributed by atoms with Crippen LogP contribution in [-0.4, -0.2) is 77.0 Å². The highest BCUT2D eigenvalue weighted by atomic mass is 16.5. The van der Waals surface area contributed by atoms with Gasteiger partial charge in [-0.1, -0.05) is 19.1 Å². The molecule has 0 aliphatic carbocycles. The Morgan fingerprint density at radius 1 is 1.11 bits per heavy atom. The fraction of sp³-hybridized carbons (Fsp3) is 0.423. The molecule has 3 heterocycles. The summed E-state index contributed by atoms with van der Waals surface area (Å²) in [6.07, 6.45) is 0.950. The van der Waals surface area contributed by atoms with E-state index in [1.807, 2.05) is 12.1 Å². The molecule has 1 unspecified atom stereocenters. The van der Waals surface area contributed by atoms with E-state index in [0.29, 0.717) is 19.0 Å². The molecule has 1 atom stereocenters. The van der Waals surface area contributed by atoms with Crippen molar-refractivity contribution in [2.24, 2.45) is 5.41 Å². The minimum Gasteiger partial charge on any atom is -0.497 e. The number of carbonyl (C=O) groups excluding carboxylic acids is 1. The Hall–Kier alpha value is -3.43. The molecule has 9 heteroatoms. The summed E-state index contributed by atoms with van der Waals surface area (Å²) in [4.78, 5) is 16.7. The maximum atomic E-state index is 12.7. The molecule has 2 saturated heterocycles. The second-order valence-electron chi connectivity index (χ2n) is 9.66. The van der Waals surface area contributed by atoms with Crippen LogP contribution in [-0.2, 0) is 6.54 Å². The summed E-state index contributed by atoms with van der Waals surface area (Å²) in [6, 6.07) is 15.3. The van der Waals surface area contributed by atoms with Crippen LogP contribution >= 0.6 is 0 Å². The van der Waals surface area contributed by atoms with Gasteiger partial charge in [0, 0.05) is 30.7 Å². The highest BCUT2D eigenvalue weighted by Gasteiger charge is 2.36. The number of carbonyl (C=O) groups is 1. The van der Waals surface area contributed by atoms with E-state index in [0.717, 1.165) is 43.1 Å². The Bertz CT molecular complexity index is 1160. The third kappa shape index (κ3) is 5.16. The van der Waals surface area contributed by atoms with Gasteiger partial charge in [0.15, 0.2) is 0 Å². The molecule has 1 aromatic heterocycles. The van der Waals surface area contributed by atoms with Crippen molar-refractivity contribution in [3.63, 3.8) is 0 Å². The van der Waals surface area contributed by atoms with Gasteiger partial charge in [0.1, 0.15) is 17.6 Å². The molecule has 2 aliphatic rings. The van der Waals surface area contributed by atoms with Gasteiger partial charge in [0.2, 0.25) is 5.89 Å². The first kappa shape index (κ1) is 23.3. The van der Waals surface area contributed by atoms with E-state index in [1.165, 1.54) is 5.56 Å². The summed E-state index contributed by atoms with van der Waals surface area (Å²) >= 11 is 0. The predicted octanol–water partition coefficient (Wildman–Crippen LogP) is 2.85. The first-order valence-electron chi connectivity index (χ1n) is 11.8. The van der Waals surface area contributed by atoms with Crippen LogP contribution < -0.4 is 9.47 Å². The van der Waals surface area contributed by atoms with Crippen LogP contribution in [0.15, 0.2) is 52.9 Å². The molecule has 1 N–H and O–H groups in total. The van der Waals surface area contributed by atoms with Crippen LogP contribution in [0.1, 0.15) is 29.6 Å². The van der Waals surface area contributed by atoms with Crippen LogP contribution in [0.4, 0.5) is 0 Å². The Morgan fingerprint density at radius 3 is 2.49 bits per heavy atom. The summed E-state index contributed by atoms with van der Waals surface area (Å²) in [5.41, 5.74) is 1.95. The van der Waals surface area contributed by atoms with E-state index in [-0.39, 0.29) is 29.9 Å². The van der Waals surface area contributed by atoms with Crippen LogP contribution in [0.2, 0.25) is 0 Å². The van der Waals surface area contributed by atoms with Gasteiger partial charge in [-0.3, -0.25) is 9.69 Å². The number of likely N-dealkylation sites (tertiary alicyclic amines) is 2. The number of benzene rings is 2. The zero-order valence-electron chi connectivity index (χ0n) is 20.0. The van der Waals surface area contributed by atoms with Gasteiger partial charge in [-0.05, 0) is 54.9 Å². The van der Waals surface area contributed by atoms with E-state index in [1.54, 1.807) is 36.3 Å². The number of aliphatic hydroxyl groups is 1. The van der Waals surface area contributed by atoms with Crippen molar-refractivity contribution in [2.45, 2.75) is 26.0 Å². The molecule has 2 aromatic carbocycles. The molecule has 2 aliphatic heterocycles. The number of amides is 1. The van der Waals surface area contributed by atoms with Gasteiger partial charge < -0.3 is 23.9 Å². The van der Waals surface area contributed by atoms with Crippen molar-refractivity contribution in [2.75, 3.05) is 39.9 Å². The predicted molar refractivity (Wildman–Crippen MR) is 128 cm³/mol. The Morgan fingerprint density at radius 2 is 1.83 bits per heavy atom. The number of rotatable bonds is 8. The zero-order chi connectivity index (χ0) is 24.4. The van der Waals surface area contributed by atoms with Crippen LogP contribution in [0.5, 0.6) is 11.5 Å². The van der Waals surface area contributed by atoms with Crippen molar-refractivity contribution in [1.82, 2.24) is 20.0 Å². The zero-order valence-corrected chi connectivity index (χ0v) is 20.0. The van der Waals surface area contributed by atoms with Crippen molar-refractivity contribution < 1.29 is 23.8 Å². The first-order chi connectivity index (χ1) is 16.9. The van der Waals surface area contributed by atoms with Crippen molar-refractivity contribution >= 4 is 5.91 Å². The standard InChI is InChI=1S/C26H30N4O5/c1-26(17-31)11-12-29(16-26)13-18-3-7-21(8-4-18)34-22-14-30(15-22)25(32)24-28-27-23(35-24)19-5-9-20(33-2)10-6-19/h3-10,22,31H,11-17H2,1-2H3. The van der Waals surface area contributed by atoms with Gasteiger partial charge in [-0.15, -0.1) is 10.2 Å². The molecular weight excluding hydrogens is 448 g/mol. The highest BCUT2D eigenvalue weighted by Crippen LogP contribution is 2.30. The molecule has 0 radical (unpaired) electrons. The van der Waals surface area contributed by atoms with Crippen molar-refractivity contribution in [1.29, 1.82) is 0 Å². The highest BCUT2D eigenvalue weighted by molar-refractivity contribution is 5.90. The maximum Gasteiger partial charge on any atom is 0.311 e. The van der Waals surface area contributed by atoms with E-state index < -0.39 is 0 Å². The molecule has 0 spiro atoms. The smallest absolute Gasteiger partial charge is 0.311 e. The lowest BCUT2D eigenvalue weighted by molar-refractivity contribution is 0.0150. The molecule has 1 amide bonds. The van der Waals surface area contributed by atoms with Gasteiger partial charge in [-0.25, -0.2) is 0 Å². The van der Waals surface area contributed by atoms with Crippen molar-refractivity contribution in [3.8, 4) is 23.0 Å². The number of hydrogen-bond donors (Lipinski definition) is 1. The molecule has 0 saturated carbocycles. The minimum atomic E-state index is -0.298. The van der Waals surface area contributed by atoms with E-state index in [2.05, 4.69) is 34.2 Å². The molecule has 2 fully saturated rings. The second kappa shape index (κ2) is 9.67. The summed E-state index contributed by atoms with van der Waals surface area (Å²) in [6.45, 7) is 6.08. The van der Waals surface area contributed by atoms with Crippen LogP contribution in [0.25, 0.3) is 11.5 Å². The molecule has 9 nitrogen and oxygen atoms in total. The third-order valence-electron chi connectivity index (χ3n) is 6.73. The van der Waals surface area contributed by atoms with Gasteiger partial charge in [-0.2, -0.15) is 0 Å². The summed E-state index contributed by atoms with van der Waals surface area (Å²) in [7, 11) is 1.60. The molecule has 5 rings (SSSR count). The van der Waals surface area contributed by atoms with E-state index in [4.69, 9.17) is 13.9 Å². The van der Waals surface area contributed by atoms with Crippen LogP contribution in [0, 0.1) is 5.41 Å². The minimum absolute atomic E-state index is 0.00899. The fourth-order valence-electron chi connectivity index (χ4n) is 4.49. The monoisotopic (exact) mass is 478 g/mol. The normalized spacial score (nSPS) is 20.6. The largest absolute Gasteiger partial charge is 0.497 e. The number of ether oxygens (including phenoxy) is 2. The number of hydrogen-bond acceptors (Lipinski definition) is 8. The number of methoxy groups -OCH3 is 1. The number of aromatic nitrogens is 2. The molecule has 0 bridgehead atoms. The lowest BCUT2D eigenvalue weighted by atomic mass is 9.91. The summed E-state index contributed by atoms with van der Waals surface area (Å²) in [5.74, 6) is 1.47. The fourth-order valence-corrected chi connectivity index (χ4v) is 4.49. The maximum absolute atomic E-state index is 12.7. The topological polar surface area (TPSA) is 101 Å². The quantitative estimate of drug-likeness (QED) is 0.528. The summed E-state index contributed by atoms with van der Waals surface area (Å²) < 4.78 is 16.8. The Kier molecular flexibility index (Phi) is 6.44. The average molecular weight is 479 g/mol. The SMILES string of the molecule is COc1ccc(-c2nnc(C(=O)N3CC(Oc4ccc(CN5CCC(C)(CO)C5)cc4)C3)o2)cc1. The number of nitrogens with zero attached hydrogens (tertiary/aromatic N) is 4. The lowest BCUT2D eigenvalue weighted by Crippen LogP contribution is -2.56. The van der Waals surface area contributed by atoms with Gasteiger partial charge in [0.05, 0.1) is 20.2 Å². The van der Waals surface area contributed by atoms with E-state index >= 15 is 0 Å². The molecule has 3 aromatic rings.